The van der Waals surface area contributed by atoms with Gasteiger partial charge in [-0.1, -0.05) is 25.1 Å². The standard InChI is InChI=1S/C14H15NO5/c1-3-11(16)12(14(17)20-4-2)13(15(18)19)10-8-6-5-7-9-10/h5-9H,3-4H2,1-2H3. The van der Waals surface area contributed by atoms with Gasteiger partial charge < -0.3 is 4.74 Å². The highest BCUT2D eigenvalue weighted by Gasteiger charge is 2.31. The van der Waals surface area contributed by atoms with Crippen LogP contribution in [0.5, 0.6) is 0 Å². The first kappa shape index (κ1) is 15.6. The van der Waals surface area contributed by atoms with Gasteiger partial charge >= 0.3 is 5.97 Å². The largest absolute Gasteiger partial charge is 0.462 e. The molecule has 0 bridgehead atoms. The predicted octanol–water partition coefficient (Wildman–Crippen LogP) is 2.22. The second-order valence-electron chi connectivity index (χ2n) is 3.84. The zero-order valence-electron chi connectivity index (χ0n) is 11.3. The van der Waals surface area contributed by atoms with Gasteiger partial charge in [-0.2, -0.15) is 0 Å². The molecule has 0 saturated heterocycles. The van der Waals surface area contributed by atoms with E-state index in [1.807, 2.05) is 0 Å². The molecule has 0 amide bonds. The van der Waals surface area contributed by atoms with Gasteiger partial charge in [0.1, 0.15) is 0 Å². The molecular weight excluding hydrogens is 262 g/mol. The molecule has 0 aliphatic rings. The molecule has 0 unspecified atom stereocenters. The molecule has 0 atom stereocenters. The van der Waals surface area contributed by atoms with Crippen molar-refractivity contribution in [3.8, 4) is 0 Å². The Morgan fingerprint density at radius 2 is 1.80 bits per heavy atom. The summed E-state index contributed by atoms with van der Waals surface area (Å²) >= 11 is 0. The van der Waals surface area contributed by atoms with Crippen molar-refractivity contribution in [3.63, 3.8) is 0 Å². The van der Waals surface area contributed by atoms with Crippen LogP contribution >= 0.6 is 0 Å². The first-order valence-corrected chi connectivity index (χ1v) is 6.17. The molecule has 1 aromatic rings. The predicted molar refractivity (Wildman–Crippen MR) is 72.3 cm³/mol. The van der Waals surface area contributed by atoms with E-state index in [2.05, 4.69) is 0 Å². The van der Waals surface area contributed by atoms with Gasteiger partial charge in [0.25, 0.3) is 5.70 Å². The Bertz CT molecular complexity index is 548. The summed E-state index contributed by atoms with van der Waals surface area (Å²) in [6, 6.07) is 7.82. The number of nitro groups is 1. The average molecular weight is 277 g/mol. The zero-order chi connectivity index (χ0) is 15.1. The van der Waals surface area contributed by atoms with Crippen LogP contribution in [0.4, 0.5) is 0 Å². The third-order valence-corrected chi connectivity index (χ3v) is 2.55. The number of esters is 1. The quantitative estimate of drug-likeness (QED) is 0.199. The van der Waals surface area contributed by atoms with E-state index in [4.69, 9.17) is 4.74 Å². The van der Waals surface area contributed by atoms with Crippen LogP contribution < -0.4 is 0 Å². The van der Waals surface area contributed by atoms with Crippen LogP contribution in [0.3, 0.4) is 0 Å². The molecule has 0 saturated carbocycles. The molecule has 20 heavy (non-hydrogen) atoms. The molecule has 0 heterocycles. The molecule has 0 spiro atoms. The number of carbonyl (C=O) groups excluding carboxylic acids is 2. The van der Waals surface area contributed by atoms with E-state index in [-0.39, 0.29) is 18.6 Å². The van der Waals surface area contributed by atoms with Crippen molar-refractivity contribution in [2.24, 2.45) is 0 Å². The van der Waals surface area contributed by atoms with Gasteiger partial charge in [-0.3, -0.25) is 14.9 Å². The van der Waals surface area contributed by atoms with Gasteiger partial charge in [-0.05, 0) is 19.1 Å². The fourth-order valence-electron chi connectivity index (χ4n) is 1.66. The maximum Gasteiger partial charge on any atom is 0.348 e. The number of hydrogen-bond donors (Lipinski definition) is 0. The molecular formula is C14H15NO5. The van der Waals surface area contributed by atoms with Crippen molar-refractivity contribution in [2.75, 3.05) is 6.61 Å². The Kier molecular flexibility index (Phi) is 5.58. The lowest BCUT2D eigenvalue weighted by Gasteiger charge is -2.07. The Balaban J connectivity index is 3.51. The Morgan fingerprint density at radius 3 is 2.25 bits per heavy atom. The first-order valence-electron chi connectivity index (χ1n) is 6.17. The van der Waals surface area contributed by atoms with E-state index in [1.54, 1.807) is 25.1 Å². The molecule has 1 aromatic carbocycles. The molecule has 1 rings (SSSR count). The highest BCUT2D eigenvalue weighted by atomic mass is 16.6. The van der Waals surface area contributed by atoms with Crippen LogP contribution in [0.15, 0.2) is 35.9 Å². The highest BCUT2D eigenvalue weighted by Crippen LogP contribution is 2.22. The summed E-state index contributed by atoms with van der Waals surface area (Å²) in [5.41, 5.74) is -0.830. The fraction of sp³-hybridized carbons (Fsp3) is 0.286. The summed E-state index contributed by atoms with van der Waals surface area (Å²) in [5, 5.41) is 11.3. The van der Waals surface area contributed by atoms with Crippen molar-refractivity contribution >= 4 is 17.4 Å². The third-order valence-electron chi connectivity index (χ3n) is 2.55. The second kappa shape index (κ2) is 7.18. The fourth-order valence-corrected chi connectivity index (χ4v) is 1.66. The molecule has 0 fully saturated rings. The number of Topliss-reactive ketones (excluding diaryl/α,β-unsaturated/α-hetero) is 1. The minimum Gasteiger partial charge on any atom is -0.462 e. The van der Waals surface area contributed by atoms with E-state index in [9.17, 15) is 19.7 Å². The van der Waals surface area contributed by atoms with Crippen LogP contribution in [-0.2, 0) is 14.3 Å². The molecule has 6 nitrogen and oxygen atoms in total. The van der Waals surface area contributed by atoms with Crippen LogP contribution in [-0.4, -0.2) is 23.3 Å². The zero-order valence-corrected chi connectivity index (χ0v) is 11.3. The number of hydrogen-bond acceptors (Lipinski definition) is 5. The minimum atomic E-state index is -0.963. The van der Waals surface area contributed by atoms with Crippen LogP contribution in [0.1, 0.15) is 25.8 Å². The number of benzene rings is 1. The number of ketones is 1. The number of nitrogens with zero attached hydrogens (tertiary/aromatic N) is 1. The number of carbonyl (C=O) groups is 2. The maximum absolute atomic E-state index is 11.9. The Hall–Kier alpha value is -2.50. The monoisotopic (exact) mass is 277 g/mol. The molecule has 0 aromatic heterocycles. The third kappa shape index (κ3) is 3.50. The Morgan fingerprint density at radius 1 is 1.20 bits per heavy atom. The minimum absolute atomic E-state index is 0.0156. The lowest BCUT2D eigenvalue weighted by atomic mass is 10.0. The van der Waals surface area contributed by atoms with Crippen LogP contribution in [0, 0.1) is 10.1 Å². The van der Waals surface area contributed by atoms with Crippen LogP contribution in [0.25, 0.3) is 5.70 Å². The molecule has 106 valence electrons. The van der Waals surface area contributed by atoms with Crippen molar-refractivity contribution < 1.29 is 19.2 Å². The lowest BCUT2D eigenvalue weighted by molar-refractivity contribution is -0.376. The van der Waals surface area contributed by atoms with E-state index >= 15 is 0 Å². The van der Waals surface area contributed by atoms with Gasteiger partial charge in [-0.25, -0.2) is 4.79 Å². The molecule has 0 radical (unpaired) electrons. The van der Waals surface area contributed by atoms with E-state index < -0.39 is 27.9 Å². The molecule has 6 heteroatoms. The van der Waals surface area contributed by atoms with Crippen molar-refractivity contribution in [2.45, 2.75) is 20.3 Å². The number of ether oxygens (including phenoxy) is 1. The summed E-state index contributed by atoms with van der Waals surface area (Å²) in [6.07, 6.45) is -0.0156. The van der Waals surface area contributed by atoms with E-state index in [0.717, 1.165) is 0 Å². The lowest BCUT2D eigenvalue weighted by Crippen LogP contribution is -2.20. The summed E-state index contributed by atoms with van der Waals surface area (Å²) in [6.45, 7) is 3.14. The highest BCUT2D eigenvalue weighted by molar-refractivity contribution is 6.21. The second-order valence-corrected chi connectivity index (χ2v) is 3.84. The molecule has 0 aliphatic carbocycles. The smallest absolute Gasteiger partial charge is 0.348 e. The van der Waals surface area contributed by atoms with E-state index in [1.165, 1.54) is 19.1 Å². The topological polar surface area (TPSA) is 86.5 Å². The van der Waals surface area contributed by atoms with Gasteiger partial charge in [0.2, 0.25) is 0 Å². The summed E-state index contributed by atoms with van der Waals surface area (Å²) < 4.78 is 4.76. The number of rotatable bonds is 6. The molecule has 0 N–H and O–H groups in total. The van der Waals surface area contributed by atoms with Crippen LogP contribution in [0.2, 0.25) is 0 Å². The summed E-state index contributed by atoms with van der Waals surface area (Å²) in [7, 11) is 0. The van der Waals surface area contributed by atoms with E-state index in [0.29, 0.717) is 0 Å². The molecule has 0 aliphatic heterocycles. The van der Waals surface area contributed by atoms with Crippen molar-refractivity contribution in [1.29, 1.82) is 0 Å². The van der Waals surface area contributed by atoms with Gasteiger partial charge in [0.05, 0.1) is 17.1 Å². The van der Waals surface area contributed by atoms with Gasteiger partial charge in [0.15, 0.2) is 11.4 Å². The van der Waals surface area contributed by atoms with Crippen molar-refractivity contribution in [1.82, 2.24) is 0 Å². The average Bonchev–Trinajstić information content (AvgIpc) is 2.44. The SMILES string of the molecule is CCOC(=O)C(C(=O)CC)=C(c1ccccc1)[N+](=O)[O-]. The normalized spacial score (nSPS) is 11.5. The van der Waals surface area contributed by atoms with Crippen molar-refractivity contribution in [3.05, 3.63) is 51.6 Å². The first-order chi connectivity index (χ1) is 9.52. The maximum atomic E-state index is 11.9. The Labute approximate surface area is 116 Å². The summed E-state index contributed by atoms with van der Waals surface area (Å²) in [5.74, 6) is -1.58. The van der Waals surface area contributed by atoms with Gasteiger partial charge in [0, 0.05) is 6.42 Å². The van der Waals surface area contributed by atoms with Gasteiger partial charge in [-0.15, -0.1) is 0 Å². The summed E-state index contributed by atoms with van der Waals surface area (Å²) in [4.78, 5) is 34.3.